The molecule has 1 heteroatoms. The van der Waals surface area contributed by atoms with E-state index in [0.717, 1.165) is 13.2 Å². The minimum Gasteiger partial charge on any atom is -0.382 e. The minimum atomic E-state index is 0.844. The van der Waals surface area contributed by atoms with E-state index in [1.54, 1.807) is 0 Å². The molecule has 1 aromatic rings. The summed E-state index contributed by atoms with van der Waals surface area (Å²) in [5.41, 5.74) is 1.44. The molecule has 1 nitrogen and oxygen atoms in total. The Labute approximate surface area is 88.1 Å². The van der Waals surface area contributed by atoms with Crippen LogP contribution in [0.15, 0.2) is 30.3 Å². The lowest BCUT2D eigenvalue weighted by atomic mass is 10.1. The fourth-order valence-corrected chi connectivity index (χ4v) is 1.14. The summed E-state index contributed by atoms with van der Waals surface area (Å²) in [4.78, 5) is 0. The van der Waals surface area contributed by atoms with Gasteiger partial charge in [0, 0.05) is 13.2 Å². The first kappa shape index (κ1) is 13.2. The highest BCUT2D eigenvalue weighted by molar-refractivity contribution is 5.14. The summed E-state index contributed by atoms with van der Waals surface area (Å²) >= 11 is 0. The van der Waals surface area contributed by atoms with Crippen molar-refractivity contribution in [3.63, 3.8) is 0 Å². The zero-order valence-electron chi connectivity index (χ0n) is 9.62. The van der Waals surface area contributed by atoms with E-state index in [1.165, 1.54) is 18.4 Å². The molecule has 0 N–H and O–H groups in total. The van der Waals surface area contributed by atoms with Crippen molar-refractivity contribution in [2.75, 3.05) is 13.2 Å². The highest BCUT2D eigenvalue weighted by Crippen LogP contribution is 2.00. The topological polar surface area (TPSA) is 9.23 Å². The van der Waals surface area contributed by atoms with Gasteiger partial charge in [-0.25, -0.2) is 0 Å². The van der Waals surface area contributed by atoms with Crippen molar-refractivity contribution in [3.8, 4) is 0 Å². The molecule has 0 heterocycles. The summed E-state index contributed by atoms with van der Waals surface area (Å²) in [6, 6.07) is 10.6. The van der Waals surface area contributed by atoms with E-state index in [2.05, 4.69) is 37.3 Å². The summed E-state index contributed by atoms with van der Waals surface area (Å²) in [6.07, 6.45) is 2.45. The summed E-state index contributed by atoms with van der Waals surface area (Å²) in [6.45, 7) is 7.87. The molecular weight excluding hydrogens is 172 g/mol. The van der Waals surface area contributed by atoms with Crippen LogP contribution in [0, 0.1) is 0 Å². The lowest BCUT2D eigenvalue weighted by Gasteiger charge is -1.93. The number of ether oxygens (including phenoxy) is 1. The first-order valence-electron chi connectivity index (χ1n) is 5.46. The highest BCUT2D eigenvalue weighted by Gasteiger charge is 1.84. The van der Waals surface area contributed by atoms with E-state index in [1.807, 2.05) is 13.8 Å². The molecule has 0 saturated carbocycles. The van der Waals surface area contributed by atoms with Crippen molar-refractivity contribution in [2.45, 2.75) is 33.6 Å². The maximum atomic E-state index is 4.83. The zero-order chi connectivity index (χ0) is 10.6. The summed E-state index contributed by atoms with van der Waals surface area (Å²) in [5, 5.41) is 0. The first-order chi connectivity index (χ1) is 6.85. The zero-order valence-corrected chi connectivity index (χ0v) is 9.62. The fourth-order valence-electron chi connectivity index (χ4n) is 1.14. The molecule has 0 aliphatic heterocycles. The lowest BCUT2D eigenvalue weighted by Crippen LogP contribution is -1.84. The number of hydrogen-bond donors (Lipinski definition) is 0. The maximum Gasteiger partial charge on any atom is 0.0437 e. The maximum absolute atomic E-state index is 4.83. The summed E-state index contributed by atoms with van der Waals surface area (Å²) < 4.78 is 4.83. The second-order valence-electron chi connectivity index (χ2n) is 3.02. The van der Waals surface area contributed by atoms with E-state index in [-0.39, 0.29) is 0 Å². The molecule has 0 unspecified atom stereocenters. The molecule has 0 atom stereocenters. The van der Waals surface area contributed by atoms with E-state index in [0.29, 0.717) is 0 Å². The third kappa shape index (κ3) is 7.81. The van der Waals surface area contributed by atoms with Crippen LogP contribution in [-0.2, 0) is 11.2 Å². The van der Waals surface area contributed by atoms with Crippen LogP contribution in [0.4, 0.5) is 0 Å². The van der Waals surface area contributed by atoms with Gasteiger partial charge in [0.2, 0.25) is 0 Å². The van der Waals surface area contributed by atoms with Crippen LogP contribution in [-0.4, -0.2) is 13.2 Å². The van der Waals surface area contributed by atoms with Crippen LogP contribution in [0.2, 0.25) is 0 Å². The molecule has 0 aliphatic rings. The molecule has 0 amide bonds. The Morgan fingerprint density at radius 1 is 0.929 bits per heavy atom. The molecule has 0 fully saturated rings. The molecule has 80 valence electrons. The van der Waals surface area contributed by atoms with Gasteiger partial charge in [0.05, 0.1) is 0 Å². The lowest BCUT2D eigenvalue weighted by molar-refractivity contribution is 0.162. The van der Waals surface area contributed by atoms with E-state index in [9.17, 15) is 0 Å². The quantitative estimate of drug-likeness (QED) is 0.710. The van der Waals surface area contributed by atoms with Crippen molar-refractivity contribution in [1.82, 2.24) is 0 Å². The third-order valence-electron chi connectivity index (χ3n) is 1.79. The summed E-state index contributed by atoms with van der Waals surface area (Å²) in [7, 11) is 0. The van der Waals surface area contributed by atoms with Gasteiger partial charge in [-0.2, -0.15) is 0 Å². The molecular formula is C13H22O. The normalized spacial score (nSPS) is 9.07. The Bertz CT molecular complexity index is 192. The molecule has 0 spiro atoms. The van der Waals surface area contributed by atoms with E-state index >= 15 is 0 Å². The van der Waals surface area contributed by atoms with Gasteiger partial charge in [0.15, 0.2) is 0 Å². The van der Waals surface area contributed by atoms with Gasteiger partial charge in [-0.15, -0.1) is 0 Å². The number of rotatable bonds is 4. The van der Waals surface area contributed by atoms with Crippen LogP contribution >= 0.6 is 0 Å². The van der Waals surface area contributed by atoms with Gasteiger partial charge >= 0.3 is 0 Å². The molecule has 0 aromatic heterocycles. The van der Waals surface area contributed by atoms with Crippen molar-refractivity contribution in [1.29, 1.82) is 0 Å². The van der Waals surface area contributed by atoms with Crippen molar-refractivity contribution >= 4 is 0 Å². The standard InChI is InChI=1S/C9H12.C4H10O/c1-2-6-9-7-4-3-5-8-9;1-3-5-4-2/h3-5,7-8H,2,6H2,1H3;3-4H2,1-2H3. The largest absolute Gasteiger partial charge is 0.382 e. The molecule has 1 aromatic carbocycles. The Hall–Kier alpha value is -0.820. The van der Waals surface area contributed by atoms with Gasteiger partial charge in [-0.1, -0.05) is 43.7 Å². The summed E-state index contributed by atoms with van der Waals surface area (Å²) in [5.74, 6) is 0. The Morgan fingerprint density at radius 2 is 1.50 bits per heavy atom. The molecule has 0 radical (unpaired) electrons. The van der Waals surface area contributed by atoms with Crippen LogP contribution in [0.1, 0.15) is 32.8 Å². The monoisotopic (exact) mass is 194 g/mol. The molecule has 0 bridgehead atoms. The Morgan fingerprint density at radius 3 is 1.86 bits per heavy atom. The van der Waals surface area contributed by atoms with Crippen molar-refractivity contribution < 1.29 is 4.74 Å². The van der Waals surface area contributed by atoms with Crippen LogP contribution < -0.4 is 0 Å². The van der Waals surface area contributed by atoms with Crippen molar-refractivity contribution in [2.24, 2.45) is 0 Å². The highest BCUT2D eigenvalue weighted by atomic mass is 16.5. The number of hydrogen-bond acceptors (Lipinski definition) is 1. The number of aryl methyl sites for hydroxylation is 1. The van der Waals surface area contributed by atoms with Crippen LogP contribution in [0.3, 0.4) is 0 Å². The SMILES string of the molecule is CCCc1ccccc1.CCOCC. The Kier molecular flexibility index (Phi) is 9.66. The first-order valence-corrected chi connectivity index (χ1v) is 5.46. The van der Waals surface area contributed by atoms with Gasteiger partial charge in [-0.3, -0.25) is 0 Å². The molecule has 0 saturated heterocycles. The second-order valence-corrected chi connectivity index (χ2v) is 3.02. The van der Waals surface area contributed by atoms with E-state index < -0.39 is 0 Å². The number of benzene rings is 1. The fraction of sp³-hybridized carbons (Fsp3) is 0.538. The predicted octanol–water partition coefficient (Wildman–Crippen LogP) is 3.68. The average Bonchev–Trinajstić information content (AvgIpc) is 2.22. The van der Waals surface area contributed by atoms with Crippen molar-refractivity contribution in [3.05, 3.63) is 35.9 Å². The van der Waals surface area contributed by atoms with Crippen LogP contribution in [0.25, 0.3) is 0 Å². The van der Waals surface area contributed by atoms with Gasteiger partial charge in [0.25, 0.3) is 0 Å². The van der Waals surface area contributed by atoms with Gasteiger partial charge in [0.1, 0.15) is 0 Å². The molecule has 0 aliphatic carbocycles. The van der Waals surface area contributed by atoms with Crippen LogP contribution in [0.5, 0.6) is 0 Å². The minimum absolute atomic E-state index is 0.844. The average molecular weight is 194 g/mol. The molecule has 14 heavy (non-hydrogen) atoms. The van der Waals surface area contributed by atoms with Gasteiger partial charge in [-0.05, 0) is 25.8 Å². The predicted molar refractivity (Wildman–Crippen MR) is 62.6 cm³/mol. The third-order valence-corrected chi connectivity index (χ3v) is 1.79. The smallest absolute Gasteiger partial charge is 0.0437 e. The Balaban J connectivity index is 0.000000292. The molecule has 1 rings (SSSR count). The second kappa shape index (κ2) is 10.3. The van der Waals surface area contributed by atoms with Gasteiger partial charge < -0.3 is 4.74 Å². The van der Waals surface area contributed by atoms with E-state index in [4.69, 9.17) is 4.74 Å².